The van der Waals surface area contributed by atoms with Crippen molar-refractivity contribution >= 4 is 5.97 Å². The fourth-order valence-electron chi connectivity index (χ4n) is 1.33. The third-order valence-corrected chi connectivity index (χ3v) is 2.18. The van der Waals surface area contributed by atoms with E-state index in [1.807, 2.05) is 0 Å². The van der Waals surface area contributed by atoms with Crippen LogP contribution in [0.15, 0.2) is 10.5 Å². The summed E-state index contributed by atoms with van der Waals surface area (Å²) >= 11 is 0. The van der Waals surface area contributed by atoms with Crippen LogP contribution < -0.4 is 0 Å². The van der Waals surface area contributed by atoms with Gasteiger partial charge in [0.05, 0.1) is 13.2 Å². The standard InChI is InChI=1S/C11H16O4/c1-7(12)4-5-9-6-10(8(2)15-9)11(13)14-3/h6-7,12H,4-5H2,1-3H3/t7-/m1/s1. The summed E-state index contributed by atoms with van der Waals surface area (Å²) in [7, 11) is 1.34. The summed E-state index contributed by atoms with van der Waals surface area (Å²) in [6.45, 7) is 3.44. The van der Waals surface area contributed by atoms with Crippen LogP contribution in [0.1, 0.15) is 35.2 Å². The SMILES string of the molecule is COC(=O)c1cc(CC[C@@H](C)O)oc1C. The number of aryl methyl sites for hydroxylation is 2. The number of aliphatic hydroxyl groups excluding tert-OH is 1. The lowest BCUT2D eigenvalue weighted by atomic mass is 10.1. The summed E-state index contributed by atoms with van der Waals surface area (Å²) < 4.78 is 9.98. The number of rotatable bonds is 4. The van der Waals surface area contributed by atoms with E-state index in [9.17, 15) is 4.79 Å². The first-order valence-corrected chi connectivity index (χ1v) is 4.90. The fraction of sp³-hybridized carbons (Fsp3) is 0.545. The summed E-state index contributed by atoms with van der Waals surface area (Å²) in [5.41, 5.74) is 0.457. The Bertz CT molecular complexity index is 338. The molecule has 4 heteroatoms. The third kappa shape index (κ3) is 3.09. The second-order valence-corrected chi connectivity index (χ2v) is 3.56. The minimum atomic E-state index is -0.389. The Kier molecular flexibility index (Phi) is 3.91. The second-order valence-electron chi connectivity index (χ2n) is 3.56. The van der Waals surface area contributed by atoms with Gasteiger partial charge in [-0.05, 0) is 26.3 Å². The van der Waals surface area contributed by atoms with Gasteiger partial charge in [0, 0.05) is 6.42 Å². The van der Waals surface area contributed by atoms with E-state index in [2.05, 4.69) is 4.74 Å². The Balaban J connectivity index is 2.72. The second kappa shape index (κ2) is 4.98. The number of hydrogen-bond acceptors (Lipinski definition) is 4. The van der Waals surface area contributed by atoms with Crippen molar-refractivity contribution in [2.24, 2.45) is 0 Å². The molecule has 1 aromatic heterocycles. The van der Waals surface area contributed by atoms with E-state index in [0.717, 1.165) is 0 Å². The molecule has 0 spiro atoms. The predicted octanol–water partition coefficient (Wildman–Crippen LogP) is 1.69. The van der Waals surface area contributed by atoms with Crippen molar-refractivity contribution in [1.29, 1.82) is 0 Å². The first kappa shape index (κ1) is 11.8. The van der Waals surface area contributed by atoms with E-state index in [4.69, 9.17) is 9.52 Å². The van der Waals surface area contributed by atoms with Gasteiger partial charge in [-0.3, -0.25) is 0 Å². The lowest BCUT2D eigenvalue weighted by Gasteiger charge is -1.99. The number of methoxy groups -OCH3 is 1. The van der Waals surface area contributed by atoms with Crippen LogP contribution in [0.2, 0.25) is 0 Å². The first-order chi connectivity index (χ1) is 7.04. The van der Waals surface area contributed by atoms with Crippen LogP contribution in [0.4, 0.5) is 0 Å². The maximum Gasteiger partial charge on any atom is 0.341 e. The zero-order valence-corrected chi connectivity index (χ0v) is 9.24. The largest absolute Gasteiger partial charge is 0.465 e. The molecule has 0 fully saturated rings. The van der Waals surface area contributed by atoms with Gasteiger partial charge >= 0.3 is 5.97 Å². The maximum absolute atomic E-state index is 11.3. The molecule has 4 nitrogen and oxygen atoms in total. The number of hydrogen-bond donors (Lipinski definition) is 1. The summed E-state index contributed by atoms with van der Waals surface area (Å²) in [5, 5.41) is 9.11. The summed E-state index contributed by atoms with van der Waals surface area (Å²) in [6, 6.07) is 1.67. The molecule has 0 bridgehead atoms. The van der Waals surface area contributed by atoms with E-state index in [0.29, 0.717) is 29.9 Å². The number of carbonyl (C=O) groups excluding carboxylic acids is 1. The van der Waals surface area contributed by atoms with Gasteiger partial charge in [-0.2, -0.15) is 0 Å². The molecule has 0 aliphatic carbocycles. The van der Waals surface area contributed by atoms with Crippen LogP contribution in [0, 0.1) is 6.92 Å². The van der Waals surface area contributed by atoms with E-state index >= 15 is 0 Å². The summed E-state index contributed by atoms with van der Waals surface area (Å²) in [4.78, 5) is 11.3. The van der Waals surface area contributed by atoms with Gasteiger partial charge in [0.15, 0.2) is 0 Å². The van der Waals surface area contributed by atoms with Crippen molar-refractivity contribution in [3.05, 3.63) is 23.2 Å². The number of esters is 1. The zero-order valence-electron chi connectivity index (χ0n) is 9.24. The van der Waals surface area contributed by atoms with Crippen molar-refractivity contribution in [1.82, 2.24) is 0 Å². The van der Waals surface area contributed by atoms with Gasteiger partial charge in [-0.25, -0.2) is 4.79 Å². The van der Waals surface area contributed by atoms with Crippen LogP contribution >= 0.6 is 0 Å². The van der Waals surface area contributed by atoms with Gasteiger partial charge < -0.3 is 14.3 Å². The number of furan rings is 1. The maximum atomic E-state index is 11.3. The quantitative estimate of drug-likeness (QED) is 0.771. The van der Waals surface area contributed by atoms with Gasteiger partial charge in [0.2, 0.25) is 0 Å². The molecule has 0 saturated heterocycles. The molecule has 1 aromatic rings. The van der Waals surface area contributed by atoms with Crippen molar-refractivity contribution in [2.45, 2.75) is 32.8 Å². The van der Waals surface area contributed by atoms with E-state index < -0.39 is 0 Å². The minimum absolute atomic E-state index is 0.364. The van der Waals surface area contributed by atoms with Crippen LogP contribution in [-0.2, 0) is 11.2 Å². The van der Waals surface area contributed by atoms with Gasteiger partial charge in [0.25, 0.3) is 0 Å². The Morgan fingerprint density at radius 2 is 2.33 bits per heavy atom. The molecular weight excluding hydrogens is 196 g/mol. The van der Waals surface area contributed by atoms with Gasteiger partial charge in [0.1, 0.15) is 17.1 Å². The molecule has 1 atom stereocenters. The highest BCUT2D eigenvalue weighted by atomic mass is 16.5. The zero-order chi connectivity index (χ0) is 11.4. The fourth-order valence-corrected chi connectivity index (χ4v) is 1.33. The highest BCUT2D eigenvalue weighted by Gasteiger charge is 2.15. The lowest BCUT2D eigenvalue weighted by Crippen LogP contribution is -2.01. The molecule has 0 radical (unpaired) electrons. The molecule has 0 unspecified atom stereocenters. The monoisotopic (exact) mass is 212 g/mol. The van der Waals surface area contributed by atoms with Crippen LogP contribution in [0.25, 0.3) is 0 Å². The normalized spacial score (nSPS) is 12.5. The molecule has 1 rings (SSSR count). The van der Waals surface area contributed by atoms with Crippen LogP contribution in [-0.4, -0.2) is 24.3 Å². The smallest absolute Gasteiger partial charge is 0.341 e. The average molecular weight is 212 g/mol. The molecule has 0 aliphatic rings. The van der Waals surface area contributed by atoms with E-state index in [-0.39, 0.29) is 12.1 Å². The predicted molar refractivity (Wildman–Crippen MR) is 54.8 cm³/mol. The number of carbonyl (C=O) groups is 1. The average Bonchev–Trinajstić information content (AvgIpc) is 2.55. The highest BCUT2D eigenvalue weighted by molar-refractivity contribution is 5.90. The van der Waals surface area contributed by atoms with Crippen molar-refractivity contribution < 1.29 is 19.1 Å². The molecule has 84 valence electrons. The Labute approximate surface area is 88.8 Å². The van der Waals surface area contributed by atoms with Crippen molar-refractivity contribution in [3.8, 4) is 0 Å². The van der Waals surface area contributed by atoms with Crippen LogP contribution in [0.3, 0.4) is 0 Å². The van der Waals surface area contributed by atoms with E-state index in [1.165, 1.54) is 7.11 Å². The first-order valence-electron chi connectivity index (χ1n) is 4.90. The molecule has 1 heterocycles. The highest BCUT2D eigenvalue weighted by Crippen LogP contribution is 2.17. The summed E-state index contributed by atoms with van der Waals surface area (Å²) in [5.74, 6) is 0.871. The molecule has 15 heavy (non-hydrogen) atoms. The topological polar surface area (TPSA) is 59.7 Å². The Morgan fingerprint density at radius 3 is 2.87 bits per heavy atom. The molecule has 0 aromatic carbocycles. The Morgan fingerprint density at radius 1 is 1.67 bits per heavy atom. The minimum Gasteiger partial charge on any atom is -0.465 e. The van der Waals surface area contributed by atoms with Crippen molar-refractivity contribution in [2.75, 3.05) is 7.11 Å². The molecule has 0 amide bonds. The van der Waals surface area contributed by atoms with Crippen molar-refractivity contribution in [3.63, 3.8) is 0 Å². The van der Waals surface area contributed by atoms with E-state index in [1.54, 1.807) is 19.9 Å². The molecular formula is C11H16O4. The number of aliphatic hydroxyl groups is 1. The molecule has 1 N–H and O–H groups in total. The third-order valence-electron chi connectivity index (χ3n) is 2.18. The molecule has 0 aliphatic heterocycles. The lowest BCUT2D eigenvalue weighted by molar-refractivity contribution is 0.0599. The van der Waals surface area contributed by atoms with Gasteiger partial charge in [-0.1, -0.05) is 0 Å². The van der Waals surface area contributed by atoms with Gasteiger partial charge in [-0.15, -0.1) is 0 Å². The number of ether oxygens (including phenoxy) is 1. The Hall–Kier alpha value is -1.29. The molecule has 0 saturated carbocycles. The van der Waals surface area contributed by atoms with Crippen LogP contribution in [0.5, 0.6) is 0 Å². The summed E-state index contributed by atoms with van der Waals surface area (Å²) in [6.07, 6.45) is 0.875.